The van der Waals surface area contributed by atoms with Gasteiger partial charge < -0.3 is 14.6 Å². The van der Waals surface area contributed by atoms with Gasteiger partial charge in [-0.25, -0.2) is 4.98 Å². The number of aryl methyl sites for hydroxylation is 2. The fourth-order valence-corrected chi connectivity index (χ4v) is 2.19. The van der Waals surface area contributed by atoms with Gasteiger partial charge in [0.2, 0.25) is 5.95 Å². The van der Waals surface area contributed by atoms with E-state index in [0.29, 0.717) is 0 Å². The third kappa shape index (κ3) is 5.78. The molecule has 5 heteroatoms. The summed E-state index contributed by atoms with van der Waals surface area (Å²) in [5.74, 6) is 2.18. The number of nitrogens with one attached hydrogen (secondary N) is 1. The maximum atomic E-state index is 5.36. The quantitative estimate of drug-likeness (QED) is 0.664. The Hall–Kier alpha value is -0.680. The molecule has 0 atom stereocenters. The molecule has 0 aliphatic carbocycles. The molecule has 0 spiro atoms. The zero-order valence-electron chi connectivity index (χ0n) is 11.7. The SMILES string of the molecule is CCOCCCn1cc(C)nc1NCCCSC. The second-order valence-corrected chi connectivity index (χ2v) is 5.21. The number of anilines is 1. The summed E-state index contributed by atoms with van der Waals surface area (Å²) in [6, 6.07) is 0. The van der Waals surface area contributed by atoms with Gasteiger partial charge in [0.15, 0.2) is 0 Å². The van der Waals surface area contributed by atoms with Gasteiger partial charge in [-0.15, -0.1) is 0 Å². The molecular weight excluding hydrogens is 246 g/mol. The topological polar surface area (TPSA) is 39.1 Å². The zero-order chi connectivity index (χ0) is 13.2. The average Bonchev–Trinajstić information content (AvgIpc) is 2.71. The van der Waals surface area contributed by atoms with Crippen molar-refractivity contribution >= 4 is 17.7 Å². The first-order valence-electron chi connectivity index (χ1n) is 6.62. The summed E-state index contributed by atoms with van der Waals surface area (Å²) in [7, 11) is 0. The lowest BCUT2D eigenvalue weighted by molar-refractivity contribution is 0.142. The molecule has 1 N–H and O–H groups in total. The standard InChI is InChI=1S/C13H25N3OS/c1-4-17-9-6-8-16-11-12(2)15-13(16)14-7-5-10-18-3/h11H,4-10H2,1-3H3,(H,14,15). The van der Waals surface area contributed by atoms with Crippen LogP contribution in [0.15, 0.2) is 6.20 Å². The van der Waals surface area contributed by atoms with Gasteiger partial charge in [0.1, 0.15) is 0 Å². The van der Waals surface area contributed by atoms with Crippen molar-refractivity contribution in [3.63, 3.8) is 0 Å². The second kappa shape index (κ2) is 9.28. The van der Waals surface area contributed by atoms with E-state index >= 15 is 0 Å². The van der Waals surface area contributed by atoms with Crippen molar-refractivity contribution in [2.75, 3.05) is 37.1 Å². The lowest BCUT2D eigenvalue weighted by Gasteiger charge is -2.09. The van der Waals surface area contributed by atoms with Gasteiger partial charge in [-0.3, -0.25) is 0 Å². The van der Waals surface area contributed by atoms with Crippen LogP contribution in [-0.2, 0) is 11.3 Å². The van der Waals surface area contributed by atoms with E-state index in [1.165, 1.54) is 12.2 Å². The first-order valence-corrected chi connectivity index (χ1v) is 8.01. The van der Waals surface area contributed by atoms with E-state index in [4.69, 9.17) is 4.74 Å². The molecule has 104 valence electrons. The van der Waals surface area contributed by atoms with Gasteiger partial charge >= 0.3 is 0 Å². The molecule has 0 aliphatic rings. The van der Waals surface area contributed by atoms with Gasteiger partial charge in [-0.1, -0.05) is 0 Å². The lowest BCUT2D eigenvalue weighted by atomic mass is 10.4. The van der Waals surface area contributed by atoms with Gasteiger partial charge in [-0.2, -0.15) is 11.8 Å². The number of ether oxygens (including phenoxy) is 1. The number of thioether (sulfide) groups is 1. The van der Waals surface area contributed by atoms with E-state index in [0.717, 1.165) is 44.4 Å². The first-order chi connectivity index (χ1) is 8.77. The summed E-state index contributed by atoms with van der Waals surface area (Å²) >= 11 is 1.88. The highest BCUT2D eigenvalue weighted by Crippen LogP contribution is 2.09. The van der Waals surface area contributed by atoms with Crippen LogP contribution in [0.25, 0.3) is 0 Å². The van der Waals surface area contributed by atoms with Crippen LogP contribution in [0.3, 0.4) is 0 Å². The predicted molar refractivity (Wildman–Crippen MR) is 79.6 cm³/mol. The van der Waals surface area contributed by atoms with Gasteiger partial charge in [0.25, 0.3) is 0 Å². The second-order valence-electron chi connectivity index (χ2n) is 4.22. The summed E-state index contributed by atoms with van der Waals surface area (Å²) in [6.07, 6.45) is 6.44. The van der Waals surface area contributed by atoms with Crippen molar-refractivity contribution < 1.29 is 4.74 Å². The van der Waals surface area contributed by atoms with E-state index in [2.05, 4.69) is 27.3 Å². The fourth-order valence-electron chi connectivity index (χ4n) is 1.76. The van der Waals surface area contributed by atoms with Crippen molar-refractivity contribution in [1.82, 2.24) is 9.55 Å². The Balaban J connectivity index is 2.36. The molecule has 0 unspecified atom stereocenters. The number of aromatic nitrogens is 2. The lowest BCUT2D eigenvalue weighted by Crippen LogP contribution is -2.10. The van der Waals surface area contributed by atoms with Crippen LogP contribution in [0, 0.1) is 6.92 Å². The Morgan fingerprint density at radius 1 is 1.44 bits per heavy atom. The van der Waals surface area contributed by atoms with Crippen molar-refractivity contribution in [2.45, 2.75) is 33.2 Å². The predicted octanol–water partition coefficient (Wildman–Crippen LogP) is 2.78. The molecule has 0 saturated carbocycles. The molecule has 18 heavy (non-hydrogen) atoms. The molecule has 4 nitrogen and oxygen atoms in total. The average molecular weight is 271 g/mol. The van der Waals surface area contributed by atoms with Crippen LogP contribution in [0.4, 0.5) is 5.95 Å². The van der Waals surface area contributed by atoms with Crippen LogP contribution in [-0.4, -0.2) is 41.3 Å². The summed E-state index contributed by atoms with van der Waals surface area (Å²) in [5, 5.41) is 3.41. The van der Waals surface area contributed by atoms with E-state index in [1.807, 2.05) is 25.6 Å². The van der Waals surface area contributed by atoms with Crippen molar-refractivity contribution in [1.29, 1.82) is 0 Å². The van der Waals surface area contributed by atoms with Gasteiger partial charge in [0.05, 0.1) is 5.69 Å². The maximum Gasteiger partial charge on any atom is 0.203 e. The highest BCUT2D eigenvalue weighted by molar-refractivity contribution is 7.98. The molecular formula is C13H25N3OS. The van der Waals surface area contributed by atoms with Crippen LogP contribution >= 0.6 is 11.8 Å². The Morgan fingerprint density at radius 2 is 2.28 bits per heavy atom. The molecule has 1 rings (SSSR count). The molecule has 0 aliphatic heterocycles. The maximum absolute atomic E-state index is 5.36. The summed E-state index contributed by atoms with van der Waals surface area (Å²) in [5.41, 5.74) is 1.07. The van der Waals surface area contributed by atoms with E-state index < -0.39 is 0 Å². The first kappa shape index (κ1) is 15.4. The minimum atomic E-state index is 0.794. The summed E-state index contributed by atoms with van der Waals surface area (Å²) < 4.78 is 7.55. The van der Waals surface area contributed by atoms with Gasteiger partial charge in [0, 0.05) is 32.5 Å². The Labute approximate surface area is 115 Å². The smallest absolute Gasteiger partial charge is 0.203 e. The number of nitrogens with zero attached hydrogens (tertiary/aromatic N) is 2. The number of hydrogen-bond donors (Lipinski definition) is 1. The molecule has 1 heterocycles. The number of rotatable bonds is 10. The Bertz CT molecular complexity index is 299. The molecule has 0 bridgehead atoms. The van der Waals surface area contributed by atoms with Crippen LogP contribution in [0.5, 0.6) is 0 Å². The Kier molecular flexibility index (Phi) is 7.93. The van der Waals surface area contributed by atoms with Crippen LogP contribution in [0.2, 0.25) is 0 Å². The van der Waals surface area contributed by atoms with E-state index in [-0.39, 0.29) is 0 Å². The minimum absolute atomic E-state index is 0.794. The van der Waals surface area contributed by atoms with Gasteiger partial charge in [-0.05, 0) is 38.7 Å². The highest BCUT2D eigenvalue weighted by atomic mass is 32.2. The molecule has 1 aromatic rings. The molecule has 0 saturated heterocycles. The zero-order valence-corrected chi connectivity index (χ0v) is 12.6. The normalized spacial score (nSPS) is 10.8. The number of imidazole rings is 1. The van der Waals surface area contributed by atoms with Crippen LogP contribution < -0.4 is 5.32 Å². The van der Waals surface area contributed by atoms with Crippen molar-refractivity contribution in [2.24, 2.45) is 0 Å². The highest BCUT2D eigenvalue weighted by Gasteiger charge is 2.04. The van der Waals surface area contributed by atoms with E-state index in [1.54, 1.807) is 0 Å². The third-order valence-electron chi connectivity index (χ3n) is 2.60. The summed E-state index contributed by atoms with van der Waals surface area (Å²) in [6.45, 7) is 7.63. The molecule has 0 amide bonds. The number of hydrogen-bond acceptors (Lipinski definition) is 4. The van der Waals surface area contributed by atoms with Crippen molar-refractivity contribution in [3.8, 4) is 0 Å². The largest absolute Gasteiger partial charge is 0.382 e. The Morgan fingerprint density at radius 3 is 3.00 bits per heavy atom. The third-order valence-corrected chi connectivity index (χ3v) is 3.29. The monoisotopic (exact) mass is 271 g/mol. The van der Waals surface area contributed by atoms with Crippen molar-refractivity contribution in [3.05, 3.63) is 11.9 Å². The van der Waals surface area contributed by atoms with E-state index in [9.17, 15) is 0 Å². The molecule has 1 aromatic heterocycles. The molecule has 0 aromatic carbocycles. The fraction of sp³-hybridized carbons (Fsp3) is 0.769. The molecule has 0 radical (unpaired) electrons. The summed E-state index contributed by atoms with van der Waals surface area (Å²) in [4.78, 5) is 4.51. The minimum Gasteiger partial charge on any atom is -0.382 e. The van der Waals surface area contributed by atoms with Crippen LogP contribution in [0.1, 0.15) is 25.5 Å². The molecule has 0 fully saturated rings.